The molecule has 0 aliphatic heterocycles. The molecule has 13 heavy (non-hydrogen) atoms. The van der Waals surface area contributed by atoms with Gasteiger partial charge in [-0.05, 0) is 0 Å². The van der Waals surface area contributed by atoms with Crippen molar-refractivity contribution in [2.75, 3.05) is 0 Å². The van der Waals surface area contributed by atoms with E-state index in [1.54, 1.807) is 0 Å². The summed E-state index contributed by atoms with van der Waals surface area (Å²) in [4.78, 5) is 32.9. The second-order valence-electron chi connectivity index (χ2n) is 1.60. The summed E-state index contributed by atoms with van der Waals surface area (Å²) in [5.74, 6) is 0. The Bertz CT molecular complexity index is 219. The Hall–Kier alpha value is 2.88. The molecule has 0 rings (SSSR count). The molecule has 0 aliphatic carbocycles. The Balaban J connectivity index is -0.000000500. The van der Waals surface area contributed by atoms with Crippen LogP contribution in [0.25, 0.3) is 0 Å². The van der Waals surface area contributed by atoms with Crippen molar-refractivity contribution in [3.8, 4) is 0 Å². The fourth-order valence-corrected chi connectivity index (χ4v) is 1.53. The molecule has 0 fully saturated rings. The van der Waals surface area contributed by atoms with Crippen LogP contribution in [-0.4, -0.2) is 82.5 Å². The molecule has 0 unspecified atom stereocenters. The third-order valence-electron chi connectivity index (χ3n) is 0.701. The Morgan fingerprint density at radius 2 is 1.00 bits per heavy atom. The number of hydrogen-bond acceptors (Lipinski definition) is 2. The van der Waals surface area contributed by atoms with Crippen LogP contribution in [0.5, 0.6) is 0 Å². The van der Waals surface area contributed by atoms with Gasteiger partial charge < -0.3 is 19.6 Å². The summed E-state index contributed by atoms with van der Waals surface area (Å²) in [6.07, 6.45) is 0. The number of halogens is 2. The van der Waals surface area contributed by atoms with Crippen molar-refractivity contribution in [3.05, 3.63) is 0 Å². The van der Waals surface area contributed by atoms with Crippen LogP contribution in [-0.2, 0) is 9.13 Å². The average Bonchev–Trinajstić information content (AvgIpc) is 1.58. The van der Waals surface area contributed by atoms with Crippen LogP contribution >= 0.6 is 38.4 Å². The Morgan fingerprint density at radius 1 is 0.846 bits per heavy atom. The Morgan fingerprint density at radius 3 is 1.00 bits per heavy atom. The first-order valence-electron chi connectivity index (χ1n) is 1.99. The predicted molar refractivity (Wildman–Crippen MR) is 50.0 cm³/mol. The van der Waals surface area contributed by atoms with E-state index < -0.39 is 19.0 Å². The van der Waals surface area contributed by atoms with Gasteiger partial charge in [-0.25, -0.2) is 0 Å². The maximum Gasteiger partial charge on any atom is 0.373 e. The van der Waals surface area contributed by atoms with Gasteiger partial charge in [0.05, 0.1) is 0 Å². The first kappa shape index (κ1) is 21.2. The molecule has 0 spiro atoms. The van der Waals surface area contributed by atoms with Crippen LogP contribution in [0.1, 0.15) is 0 Å². The minimum Gasteiger partial charge on any atom is -0.322 e. The first-order chi connectivity index (χ1) is 4.50. The molecule has 0 aromatic rings. The van der Waals surface area contributed by atoms with E-state index in [9.17, 15) is 9.13 Å². The van der Waals surface area contributed by atoms with E-state index in [1.165, 1.54) is 0 Å². The molecule has 0 aliphatic rings. The zero-order valence-corrected chi connectivity index (χ0v) is 14.1. The van der Waals surface area contributed by atoms with Gasteiger partial charge >= 0.3 is 19.0 Å². The van der Waals surface area contributed by atoms with Crippen molar-refractivity contribution >= 4 is 97.5 Å². The number of rotatable bonds is 2. The number of hydrogen-bond donors (Lipinski definition) is 4. The zero-order valence-electron chi connectivity index (χ0n) is 6.76. The Labute approximate surface area is 128 Å². The summed E-state index contributed by atoms with van der Waals surface area (Å²) in [7, 11) is -10.4. The molecule has 0 bridgehead atoms. The molecular weight excluding hydrogens is 287 g/mol. The second-order valence-corrected chi connectivity index (χ2v) is 7.85. The van der Waals surface area contributed by atoms with Crippen molar-refractivity contribution in [3.63, 3.8) is 0 Å². The van der Waals surface area contributed by atoms with Gasteiger partial charge in [-0.1, -0.05) is 23.2 Å². The van der Waals surface area contributed by atoms with E-state index in [2.05, 4.69) is 0 Å². The molecule has 6 nitrogen and oxygen atoms in total. The van der Waals surface area contributed by atoms with Crippen LogP contribution in [0.15, 0.2) is 0 Å². The minimum atomic E-state index is -5.22. The molecule has 0 saturated carbocycles. The van der Waals surface area contributed by atoms with E-state index >= 15 is 0 Å². The summed E-state index contributed by atoms with van der Waals surface area (Å²) >= 11 is 9.46. The molecule has 0 aromatic carbocycles. The summed E-state index contributed by atoms with van der Waals surface area (Å²) in [5, 5.41) is 0. The molecule has 70 valence electrons. The van der Waals surface area contributed by atoms with Gasteiger partial charge in [0.2, 0.25) is 0 Å². The molecule has 0 heterocycles. The Kier molecular flexibility index (Phi) is 10.7. The van der Waals surface area contributed by atoms with Crippen molar-refractivity contribution in [1.29, 1.82) is 0 Å². The maximum absolute atomic E-state index is 10.2. The molecule has 0 amide bonds. The molecular formula is CH4Cl2Na2O6P2. The smallest absolute Gasteiger partial charge is 0.322 e. The average molecular weight is 291 g/mol. The SMILES string of the molecule is O=P(O)(O)C(Cl)(Cl)P(=O)(O)O.[Na].[Na]. The summed E-state index contributed by atoms with van der Waals surface area (Å²) in [5.41, 5.74) is 0. The largest absolute Gasteiger partial charge is 0.373 e. The van der Waals surface area contributed by atoms with Crippen molar-refractivity contribution in [2.24, 2.45) is 0 Å². The molecule has 0 atom stereocenters. The maximum atomic E-state index is 10.2. The monoisotopic (exact) mass is 290 g/mol. The quantitative estimate of drug-likeness (QED) is 0.314. The fourth-order valence-electron chi connectivity index (χ4n) is 0.170. The predicted octanol–water partition coefficient (Wildman–Crippen LogP) is -0.331. The molecule has 0 saturated heterocycles. The molecule has 12 heteroatoms. The van der Waals surface area contributed by atoms with E-state index in [0.29, 0.717) is 0 Å². The van der Waals surface area contributed by atoms with Crippen LogP contribution in [0.4, 0.5) is 0 Å². The summed E-state index contributed by atoms with van der Waals surface area (Å²) in [6.45, 7) is 0. The fraction of sp³-hybridized carbons (Fsp3) is 1.00. The summed E-state index contributed by atoms with van der Waals surface area (Å²) in [6, 6.07) is 0. The standard InChI is InChI=1S/CH4Cl2O6P2.2Na/c2-1(3,10(4,5)6)11(7,8)9;;/h(H2,4,5,6)(H2,7,8,9);;. The van der Waals surface area contributed by atoms with Gasteiger partial charge in [0.15, 0.2) is 0 Å². The van der Waals surface area contributed by atoms with Crippen LogP contribution < -0.4 is 0 Å². The summed E-state index contributed by atoms with van der Waals surface area (Å²) < 4.78 is 17.1. The van der Waals surface area contributed by atoms with Crippen LogP contribution in [0.2, 0.25) is 0 Å². The van der Waals surface area contributed by atoms with E-state index in [1.807, 2.05) is 0 Å². The topological polar surface area (TPSA) is 115 Å². The van der Waals surface area contributed by atoms with Crippen molar-refractivity contribution < 1.29 is 28.7 Å². The van der Waals surface area contributed by atoms with Crippen molar-refractivity contribution in [1.82, 2.24) is 0 Å². The van der Waals surface area contributed by atoms with E-state index in [4.69, 9.17) is 42.8 Å². The third kappa shape index (κ3) is 5.66. The normalized spacial score (nSPS) is 12.8. The van der Waals surface area contributed by atoms with Gasteiger partial charge in [0.1, 0.15) is 0 Å². The first-order valence-corrected chi connectivity index (χ1v) is 5.97. The second kappa shape index (κ2) is 6.58. The van der Waals surface area contributed by atoms with Gasteiger partial charge in [-0.2, -0.15) is 0 Å². The van der Waals surface area contributed by atoms with Crippen LogP contribution in [0.3, 0.4) is 0 Å². The van der Waals surface area contributed by atoms with Crippen LogP contribution in [0, 0.1) is 0 Å². The van der Waals surface area contributed by atoms with Gasteiger partial charge in [-0.3, -0.25) is 9.13 Å². The van der Waals surface area contributed by atoms with Gasteiger partial charge in [-0.15, -0.1) is 0 Å². The van der Waals surface area contributed by atoms with Crippen molar-refractivity contribution in [2.45, 2.75) is 3.82 Å². The van der Waals surface area contributed by atoms with E-state index in [0.717, 1.165) is 0 Å². The van der Waals surface area contributed by atoms with Gasteiger partial charge in [0, 0.05) is 59.1 Å². The minimum absolute atomic E-state index is 0. The number of alkyl halides is 2. The molecule has 4 N–H and O–H groups in total. The molecule has 0 aromatic heterocycles. The third-order valence-corrected chi connectivity index (χ3v) is 6.31. The molecule has 2 radical (unpaired) electrons. The van der Waals surface area contributed by atoms with E-state index in [-0.39, 0.29) is 59.1 Å². The van der Waals surface area contributed by atoms with Gasteiger partial charge in [0.25, 0.3) is 0 Å². The zero-order chi connectivity index (χ0) is 9.50.